The molecule has 1 aromatic carbocycles. The molecule has 0 fully saturated rings. The summed E-state index contributed by atoms with van der Waals surface area (Å²) in [5.41, 5.74) is 2.20. The van der Waals surface area contributed by atoms with Gasteiger partial charge < -0.3 is 19.0 Å². The minimum absolute atomic E-state index is 0.224. The molecule has 3 rings (SSSR count). The molecule has 0 saturated heterocycles. The molecule has 1 N–H and O–H groups in total. The zero-order chi connectivity index (χ0) is 15.7. The maximum absolute atomic E-state index is 10.1. The van der Waals surface area contributed by atoms with Crippen molar-refractivity contribution < 1.29 is 19.0 Å². The van der Waals surface area contributed by atoms with Crippen molar-refractivity contribution in [3.8, 4) is 18.1 Å². The van der Waals surface area contributed by atoms with E-state index in [4.69, 9.17) is 20.3 Å². The zero-order valence-corrected chi connectivity index (χ0v) is 12.5. The second-order valence-corrected chi connectivity index (χ2v) is 5.17. The van der Waals surface area contributed by atoms with Crippen molar-refractivity contribution in [3.05, 3.63) is 46.9 Å². The Morgan fingerprint density at radius 3 is 2.91 bits per heavy atom. The number of hydrogen-bond acceptors (Lipinski definition) is 4. The number of hydrogen-bond donors (Lipinski definition) is 1. The predicted molar refractivity (Wildman–Crippen MR) is 84.4 cm³/mol. The highest BCUT2D eigenvalue weighted by molar-refractivity contribution is 5.83. The highest BCUT2D eigenvalue weighted by atomic mass is 16.5. The topological polar surface area (TPSA) is 51.8 Å². The highest BCUT2D eigenvalue weighted by Crippen LogP contribution is 2.34. The molecule has 1 aliphatic rings. The molecular formula is C18H16O4. The van der Waals surface area contributed by atoms with Gasteiger partial charge in [0, 0.05) is 16.5 Å². The van der Waals surface area contributed by atoms with Gasteiger partial charge in [0.2, 0.25) is 0 Å². The zero-order valence-electron chi connectivity index (χ0n) is 12.5. The molecule has 22 heavy (non-hydrogen) atoms. The third-order valence-electron chi connectivity index (χ3n) is 3.57. The fourth-order valence-electron chi connectivity index (χ4n) is 2.39. The first-order valence-corrected chi connectivity index (χ1v) is 6.93. The van der Waals surface area contributed by atoms with E-state index >= 15 is 0 Å². The highest BCUT2D eigenvalue weighted by Gasteiger charge is 2.21. The van der Waals surface area contributed by atoms with Crippen LogP contribution in [-0.4, -0.2) is 18.3 Å². The number of aliphatic hydroxyl groups excluding tert-OH is 1. The number of furan rings is 1. The van der Waals surface area contributed by atoms with Crippen molar-refractivity contribution in [1.29, 1.82) is 0 Å². The van der Waals surface area contributed by atoms with E-state index in [-0.39, 0.29) is 12.4 Å². The molecule has 0 saturated carbocycles. The fraction of sp³-hybridized carbons (Fsp3) is 0.222. The second kappa shape index (κ2) is 5.53. The van der Waals surface area contributed by atoms with Crippen LogP contribution in [0.15, 0.2) is 45.6 Å². The molecule has 112 valence electrons. The Bertz CT molecular complexity index is 830. The van der Waals surface area contributed by atoms with E-state index in [1.165, 1.54) is 0 Å². The maximum Gasteiger partial charge on any atom is 0.170 e. The van der Waals surface area contributed by atoms with Gasteiger partial charge in [-0.2, -0.15) is 0 Å². The van der Waals surface area contributed by atoms with Gasteiger partial charge in [-0.05, 0) is 38.1 Å². The molecule has 1 aliphatic heterocycles. The van der Waals surface area contributed by atoms with Crippen molar-refractivity contribution in [2.24, 2.45) is 0 Å². The molecule has 0 aliphatic carbocycles. The van der Waals surface area contributed by atoms with Gasteiger partial charge >= 0.3 is 0 Å². The average Bonchev–Trinajstić information content (AvgIpc) is 2.93. The summed E-state index contributed by atoms with van der Waals surface area (Å²) in [7, 11) is 0. The molecule has 0 unspecified atom stereocenters. The van der Waals surface area contributed by atoms with Gasteiger partial charge in [0.15, 0.2) is 11.5 Å². The first-order valence-electron chi connectivity index (χ1n) is 6.93. The van der Waals surface area contributed by atoms with E-state index in [2.05, 4.69) is 5.92 Å². The normalized spacial score (nSPS) is 15.0. The number of ether oxygens (including phenoxy) is 2. The minimum atomic E-state index is 0.224. The Kier molecular flexibility index (Phi) is 3.56. The molecule has 4 heteroatoms. The lowest BCUT2D eigenvalue weighted by molar-refractivity contribution is 0.272. The molecule has 1 aromatic heterocycles. The van der Waals surface area contributed by atoms with E-state index in [9.17, 15) is 5.11 Å². The van der Waals surface area contributed by atoms with Crippen LogP contribution in [0, 0.1) is 12.3 Å². The lowest BCUT2D eigenvalue weighted by Gasteiger charge is -2.18. The van der Waals surface area contributed by atoms with Crippen LogP contribution in [0.2, 0.25) is 0 Å². The number of terminal acetylenes is 1. The van der Waals surface area contributed by atoms with Crippen molar-refractivity contribution >= 4 is 16.7 Å². The summed E-state index contributed by atoms with van der Waals surface area (Å²) >= 11 is 0. The number of allylic oxidation sites excluding steroid dienone is 1. The van der Waals surface area contributed by atoms with Gasteiger partial charge in [-0.1, -0.05) is 5.92 Å². The van der Waals surface area contributed by atoms with E-state index in [1.807, 2.05) is 32.0 Å². The van der Waals surface area contributed by atoms with Crippen LogP contribution >= 0.6 is 0 Å². The van der Waals surface area contributed by atoms with E-state index in [1.54, 1.807) is 6.07 Å². The van der Waals surface area contributed by atoms with Crippen molar-refractivity contribution in [2.45, 2.75) is 13.8 Å². The van der Waals surface area contributed by atoms with Gasteiger partial charge in [-0.25, -0.2) is 0 Å². The Morgan fingerprint density at radius 1 is 1.32 bits per heavy atom. The number of aliphatic hydroxyl groups is 1. The van der Waals surface area contributed by atoms with Gasteiger partial charge in [0.05, 0.1) is 0 Å². The molecule has 0 atom stereocenters. The van der Waals surface area contributed by atoms with Crippen LogP contribution in [0.5, 0.6) is 5.75 Å². The molecule has 0 bridgehead atoms. The van der Waals surface area contributed by atoms with Gasteiger partial charge in [-0.3, -0.25) is 0 Å². The Labute approximate surface area is 128 Å². The van der Waals surface area contributed by atoms with E-state index in [0.717, 1.165) is 16.5 Å². The van der Waals surface area contributed by atoms with Crippen LogP contribution in [-0.2, 0) is 4.74 Å². The third kappa shape index (κ3) is 2.42. The molecule has 0 amide bonds. The summed E-state index contributed by atoms with van der Waals surface area (Å²) in [6.07, 6.45) is 5.19. The number of rotatable bonds is 3. The summed E-state index contributed by atoms with van der Waals surface area (Å²) in [4.78, 5) is 0. The molecule has 0 spiro atoms. The lowest BCUT2D eigenvalue weighted by atomic mass is 10.1. The summed E-state index contributed by atoms with van der Waals surface area (Å²) in [5.74, 6) is 4.52. The summed E-state index contributed by atoms with van der Waals surface area (Å²) < 4.78 is 16.9. The number of fused-ring (bicyclic) bond motifs is 1. The first-order chi connectivity index (χ1) is 10.6. The lowest BCUT2D eigenvalue weighted by Crippen LogP contribution is -2.08. The molecule has 4 nitrogen and oxygen atoms in total. The first kappa shape index (κ1) is 14.2. The predicted octanol–water partition coefficient (Wildman–Crippen LogP) is 4.04. The smallest absolute Gasteiger partial charge is 0.170 e. The van der Waals surface area contributed by atoms with E-state index in [0.29, 0.717) is 29.4 Å². The second-order valence-electron chi connectivity index (χ2n) is 5.17. The van der Waals surface area contributed by atoms with E-state index < -0.39 is 0 Å². The van der Waals surface area contributed by atoms with Gasteiger partial charge in [0.1, 0.15) is 30.3 Å². The average molecular weight is 296 g/mol. The molecule has 0 radical (unpaired) electrons. The summed E-state index contributed by atoms with van der Waals surface area (Å²) in [6.45, 7) is 4.22. The monoisotopic (exact) mass is 296 g/mol. The van der Waals surface area contributed by atoms with Gasteiger partial charge in [0.25, 0.3) is 0 Å². The van der Waals surface area contributed by atoms with Crippen molar-refractivity contribution in [3.63, 3.8) is 0 Å². The Morgan fingerprint density at radius 2 is 2.14 bits per heavy atom. The standard InChI is InChI=1S/C18H16O4/c1-4-7-20-14-5-6-15-13(8-14)9-16(22-15)18-12(3)17(19)11(2)10-21-18/h1,5-6,8-9,19H,7,10H2,2-3H3. The minimum Gasteiger partial charge on any atom is -0.507 e. The number of benzene rings is 1. The van der Waals surface area contributed by atoms with Crippen molar-refractivity contribution in [2.75, 3.05) is 13.2 Å². The maximum atomic E-state index is 10.1. The molecule has 2 aromatic rings. The van der Waals surface area contributed by atoms with Gasteiger partial charge in [-0.15, -0.1) is 6.42 Å². The molecule has 2 heterocycles. The van der Waals surface area contributed by atoms with Crippen LogP contribution in [0.25, 0.3) is 16.7 Å². The Hall–Kier alpha value is -2.80. The summed E-state index contributed by atoms with van der Waals surface area (Å²) in [6, 6.07) is 7.35. The quantitative estimate of drug-likeness (QED) is 0.869. The van der Waals surface area contributed by atoms with Crippen LogP contribution < -0.4 is 4.74 Å². The third-order valence-corrected chi connectivity index (χ3v) is 3.57. The largest absolute Gasteiger partial charge is 0.507 e. The molecular weight excluding hydrogens is 280 g/mol. The van der Waals surface area contributed by atoms with Crippen LogP contribution in [0.3, 0.4) is 0 Å². The fourth-order valence-corrected chi connectivity index (χ4v) is 2.39. The summed E-state index contributed by atoms with van der Waals surface area (Å²) in [5, 5.41) is 10.9. The van der Waals surface area contributed by atoms with Crippen LogP contribution in [0.4, 0.5) is 0 Å². The Balaban J connectivity index is 2.01. The SMILES string of the molecule is C#CCOc1ccc2oc(C3=C(C)C(O)=C(C)CO3)cc2c1. The van der Waals surface area contributed by atoms with Crippen LogP contribution in [0.1, 0.15) is 19.6 Å². The van der Waals surface area contributed by atoms with Crippen molar-refractivity contribution in [1.82, 2.24) is 0 Å².